The number of carbonyl (C=O) groups excluding carboxylic acids is 6. The Bertz CT molecular complexity index is 3460. The van der Waals surface area contributed by atoms with E-state index >= 15 is 4.39 Å². The monoisotopic (exact) mass is 1160 g/mol. The van der Waals surface area contributed by atoms with Gasteiger partial charge in [-0.25, -0.2) is 32.6 Å². The van der Waals surface area contributed by atoms with Crippen LogP contribution < -0.4 is 32.1 Å². The van der Waals surface area contributed by atoms with Gasteiger partial charge in [0.2, 0.25) is 44.5 Å². The third-order valence-corrected chi connectivity index (χ3v) is 15.9. The van der Waals surface area contributed by atoms with Gasteiger partial charge in [0.25, 0.3) is 5.56 Å². The highest BCUT2D eigenvalue weighted by molar-refractivity contribution is 7.90. The summed E-state index contributed by atoms with van der Waals surface area (Å²) in [5.41, 5.74) is 2.23. The van der Waals surface area contributed by atoms with Crippen molar-refractivity contribution in [1.82, 2.24) is 66.0 Å². The van der Waals surface area contributed by atoms with Gasteiger partial charge < -0.3 is 50.6 Å². The number of rotatable bonds is 26. The summed E-state index contributed by atoms with van der Waals surface area (Å²) < 4.78 is 52.7. The van der Waals surface area contributed by atoms with Crippen molar-refractivity contribution in [1.29, 1.82) is 0 Å². The molecule has 4 atom stereocenters. The van der Waals surface area contributed by atoms with Gasteiger partial charge in [-0.2, -0.15) is 0 Å². The van der Waals surface area contributed by atoms with Crippen molar-refractivity contribution in [2.24, 2.45) is 5.92 Å². The van der Waals surface area contributed by atoms with Crippen molar-refractivity contribution in [3.8, 4) is 22.6 Å². The van der Waals surface area contributed by atoms with Crippen LogP contribution in [0.15, 0.2) is 40.7 Å². The van der Waals surface area contributed by atoms with Crippen LogP contribution in [0.3, 0.4) is 0 Å². The summed E-state index contributed by atoms with van der Waals surface area (Å²) in [6, 6.07) is 0.288. The number of benzene rings is 1. The highest BCUT2D eigenvalue weighted by atomic mass is 32.2. The van der Waals surface area contributed by atoms with Crippen LogP contribution in [0.5, 0.6) is 0 Å². The Kier molecular flexibility index (Phi) is 18.9. The molecule has 6 heterocycles. The lowest BCUT2D eigenvalue weighted by Gasteiger charge is -2.31. The van der Waals surface area contributed by atoms with Crippen molar-refractivity contribution in [2.45, 2.75) is 140 Å². The molecule has 25 nitrogen and oxygen atoms in total. The molecule has 0 spiro atoms. The second kappa shape index (κ2) is 25.7. The second-order valence-corrected chi connectivity index (χ2v) is 23.5. The molecule has 5 aromatic rings. The van der Waals surface area contributed by atoms with Gasteiger partial charge in [-0.15, -0.1) is 5.10 Å². The highest BCUT2D eigenvalue weighted by Gasteiger charge is 2.46. The fraction of sp³-hybridized carbons (Fsp3) is 0.527. The molecule has 0 radical (unpaired) electrons. The van der Waals surface area contributed by atoms with Crippen molar-refractivity contribution < 1.29 is 56.2 Å². The lowest BCUT2D eigenvalue weighted by atomic mass is 9.81. The van der Waals surface area contributed by atoms with Gasteiger partial charge in [-0.05, 0) is 108 Å². The molecule has 8 rings (SSSR count). The van der Waals surface area contributed by atoms with Crippen LogP contribution in [0.1, 0.15) is 118 Å². The van der Waals surface area contributed by atoms with E-state index in [0.29, 0.717) is 95.3 Å². The molecule has 1 aromatic carbocycles. The number of pyridine rings is 2. The Hall–Kier alpha value is -7.62. The Morgan fingerprint density at radius 1 is 0.963 bits per heavy atom. The number of sulfone groups is 1. The molecule has 3 aliphatic rings. The molecule has 2 aliphatic heterocycles. The Morgan fingerprint density at radius 3 is 2.43 bits per heavy atom. The molecule has 27 heteroatoms. The highest BCUT2D eigenvalue weighted by Crippen LogP contribution is 2.46. The minimum atomic E-state index is -3.55. The van der Waals surface area contributed by atoms with Crippen LogP contribution in [0.25, 0.3) is 33.5 Å². The summed E-state index contributed by atoms with van der Waals surface area (Å²) in [6.07, 6.45) is 9.73. The Morgan fingerprint density at radius 2 is 1.72 bits per heavy atom. The topological polar surface area (TPSA) is 330 Å². The third-order valence-electron chi connectivity index (χ3n) is 15.1. The predicted octanol–water partition coefficient (Wildman–Crippen LogP) is 1.91. The van der Waals surface area contributed by atoms with E-state index in [2.05, 4.69) is 46.9 Å². The van der Waals surface area contributed by atoms with E-state index in [1.807, 2.05) is 19.0 Å². The van der Waals surface area contributed by atoms with Crippen LogP contribution >= 0.6 is 0 Å². The standard InChI is InChI=1S/C55H70FN13O12S/c1-8-55(77)36-20-42-49-34(25-69(42)52(75)35(36)27-81-53(55)76)47-38(17-16-33-31(4)37(56)21-40(62-49)46(33)47)61-45(72)28-80-29-60-44(71)24-57-50(73)39(14-11-13-18-67(5)6)63-51(74)48(30(2)3)64-43(70)15-10-9-12-19-68-26-41(65-66-68)32-22-58-54(59-23-32)82(7,78)79/h20-23,26,30,38-39,48,77H,8-19,24-25,27-29H2,1-7H3,(H,57,73)(H,60,71)(H,61,72)(H,63,74)(H,64,70)/t38-,39-,48-,55-/m0/s1. The van der Waals surface area contributed by atoms with Crippen LogP contribution in [-0.4, -0.2) is 147 Å². The number of nitrogens with one attached hydrogen (secondary N) is 5. The molecule has 0 fully saturated rings. The number of nitrogens with zero attached hydrogens (tertiary/aromatic N) is 8. The van der Waals surface area contributed by atoms with Crippen LogP contribution in [-0.2, 0) is 79.8 Å². The van der Waals surface area contributed by atoms with Crippen LogP contribution in [0.2, 0.25) is 0 Å². The summed E-state index contributed by atoms with van der Waals surface area (Å²) >= 11 is 0. The van der Waals surface area contributed by atoms with Gasteiger partial charge in [-0.3, -0.25) is 33.4 Å². The minimum Gasteiger partial charge on any atom is -0.458 e. The van der Waals surface area contributed by atoms with Gasteiger partial charge in [-0.1, -0.05) is 32.4 Å². The number of aryl methyl sites for hydroxylation is 2. The molecule has 0 bridgehead atoms. The predicted molar refractivity (Wildman–Crippen MR) is 294 cm³/mol. The Labute approximate surface area is 472 Å². The lowest BCUT2D eigenvalue weighted by molar-refractivity contribution is -0.172. The van der Waals surface area contributed by atoms with E-state index in [9.17, 15) is 47.1 Å². The van der Waals surface area contributed by atoms with E-state index < -0.39 is 94.4 Å². The first kappa shape index (κ1) is 60.5. The number of fused-ring (bicyclic) bond motifs is 5. The smallest absolute Gasteiger partial charge is 0.343 e. The summed E-state index contributed by atoms with van der Waals surface area (Å²) in [6.45, 7) is 6.49. The lowest BCUT2D eigenvalue weighted by Crippen LogP contribution is -2.56. The average molecular weight is 1160 g/mol. The van der Waals surface area contributed by atoms with Gasteiger partial charge in [0.1, 0.15) is 43.5 Å². The second-order valence-electron chi connectivity index (χ2n) is 21.6. The van der Waals surface area contributed by atoms with E-state index in [1.165, 1.54) is 23.0 Å². The number of esters is 1. The van der Waals surface area contributed by atoms with E-state index in [1.54, 1.807) is 44.6 Å². The van der Waals surface area contributed by atoms with Gasteiger partial charge in [0.15, 0.2) is 5.60 Å². The van der Waals surface area contributed by atoms with Crippen molar-refractivity contribution >= 4 is 56.2 Å². The number of carbonyl (C=O) groups is 6. The molecule has 6 N–H and O–H groups in total. The first-order valence-corrected chi connectivity index (χ1v) is 29.3. The number of hydrogen-bond acceptors (Lipinski definition) is 18. The summed E-state index contributed by atoms with van der Waals surface area (Å²) in [4.78, 5) is 108. The summed E-state index contributed by atoms with van der Waals surface area (Å²) in [5, 5.41) is 33.7. The molecular formula is C55H70FN13O12S. The fourth-order valence-electron chi connectivity index (χ4n) is 10.6. The molecule has 4 aromatic heterocycles. The normalized spacial score (nSPS) is 16.9. The number of unbranched alkanes of at least 4 members (excludes halogenated alkanes) is 3. The number of ether oxygens (including phenoxy) is 2. The number of halogens is 1. The summed E-state index contributed by atoms with van der Waals surface area (Å²) in [7, 11) is 0.296. The SMILES string of the molecule is CC[C@@]1(O)C(=O)OCc2c1cc1n(c2=O)Cc2c-1nc1cc(F)c(C)c3c1c2[C@@H](NC(=O)COCNC(=O)CNC(=O)[C@H](CCCCN(C)C)NC(=O)[C@@H](NC(=O)CCCCCn1cc(-c2cnc(S(C)(=O)=O)nc2)nn1)C(C)C)CC3. The minimum absolute atomic E-state index is 0.0453. The maximum atomic E-state index is 15.4. The van der Waals surface area contributed by atoms with Crippen molar-refractivity contribution in [3.63, 3.8) is 0 Å². The van der Waals surface area contributed by atoms with Gasteiger partial charge in [0, 0.05) is 59.8 Å². The molecule has 5 amide bonds. The molecule has 0 unspecified atom stereocenters. The largest absolute Gasteiger partial charge is 0.458 e. The number of aromatic nitrogens is 7. The van der Waals surface area contributed by atoms with Crippen LogP contribution in [0.4, 0.5) is 4.39 Å². The number of hydrogen-bond donors (Lipinski definition) is 6. The number of cyclic esters (lactones) is 1. The zero-order chi connectivity index (χ0) is 59.2. The fourth-order valence-corrected chi connectivity index (χ4v) is 11.1. The molecule has 82 heavy (non-hydrogen) atoms. The van der Waals surface area contributed by atoms with Crippen LogP contribution in [0, 0.1) is 18.7 Å². The quantitative estimate of drug-likeness (QED) is 0.0196. The van der Waals surface area contributed by atoms with Gasteiger partial charge in [0.05, 0.1) is 47.8 Å². The zero-order valence-corrected chi connectivity index (χ0v) is 47.8. The maximum Gasteiger partial charge on any atom is 0.343 e. The van der Waals surface area contributed by atoms with E-state index in [-0.39, 0.29) is 60.5 Å². The third kappa shape index (κ3) is 13.5. The number of aliphatic hydroxyl groups is 1. The Balaban J connectivity index is 0.813. The van der Waals surface area contributed by atoms with Crippen molar-refractivity contribution in [2.75, 3.05) is 46.8 Å². The van der Waals surface area contributed by atoms with E-state index in [4.69, 9.17) is 14.5 Å². The maximum absolute atomic E-state index is 15.4. The average Bonchev–Trinajstić information content (AvgIpc) is 4.03. The van der Waals surface area contributed by atoms with Crippen molar-refractivity contribution in [3.05, 3.63) is 80.3 Å². The zero-order valence-electron chi connectivity index (χ0n) is 47.0. The molecule has 0 saturated carbocycles. The number of amides is 5. The molecule has 0 saturated heterocycles. The first-order chi connectivity index (χ1) is 39.0. The molecule has 440 valence electrons. The van der Waals surface area contributed by atoms with E-state index in [0.717, 1.165) is 24.8 Å². The first-order valence-electron chi connectivity index (χ1n) is 27.4. The molecular weight excluding hydrogens is 1090 g/mol. The molecule has 1 aliphatic carbocycles. The summed E-state index contributed by atoms with van der Waals surface area (Å²) in [5.74, 6) is -4.32. The van der Waals surface area contributed by atoms with Gasteiger partial charge >= 0.3 is 5.97 Å².